The predicted octanol–water partition coefficient (Wildman–Crippen LogP) is 0.642. The molecule has 0 aliphatic rings. The third-order valence-corrected chi connectivity index (χ3v) is 9.18. The van der Waals surface area contributed by atoms with Crippen molar-refractivity contribution in [2.75, 3.05) is 5.32 Å². The number of nitrogens with one attached hydrogen (secondary N) is 1. The Morgan fingerprint density at radius 3 is 1.69 bits per heavy atom. The first-order valence-corrected chi connectivity index (χ1v) is 17.8. The molecule has 7 aromatic rings. The second-order valence-corrected chi connectivity index (χ2v) is 13.5. The molecule has 1 amide bonds. The van der Waals surface area contributed by atoms with Crippen LogP contribution in [-0.2, 0) is 32.3 Å². The Morgan fingerprint density at radius 2 is 1.10 bits per heavy atom. The number of carbonyl (C=O) groups excluding carboxylic acids is 1. The standard InChI is InChI=1S/C20H13N3O7S.C18H14N4O5.Cr.2Na/c24-16-8-5-11-3-1-2-4-13(11)19(16)21-22-20-14-7-6-12(23(26)27)9-15(14)18(10-17(20)25)31(28,29)30;1-10(23)19-12-4-2-11-3-7-16(24)18(14(11)8-12)21-20-15-6-5-13(22(26)27)9-17(15)25;;;/h1-10,24-25H,(H,28,29,30);2-9,24-25H,1H3,(H,19,23);;;/q;;+3;2*+1/p-5. The maximum absolute atomic E-state index is 12.5. The van der Waals surface area contributed by atoms with Crippen molar-refractivity contribution in [2.24, 2.45) is 20.5 Å². The fourth-order valence-corrected chi connectivity index (χ4v) is 6.36. The summed E-state index contributed by atoms with van der Waals surface area (Å²) in [5.41, 5.74) is -0.870. The molecule has 0 fully saturated rings. The molecule has 1 radical (unpaired) electrons. The van der Waals surface area contributed by atoms with E-state index < -0.39 is 53.5 Å². The molecule has 0 spiro atoms. The van der Waals surface area contributed by atoms with Crippen LogP contribution < -0.4 is 84.9 Å². The number of rotatable bonds is 8. The molecule has 0 saturated carbocycles. The SMILES string of the molecule is CC(=O)Nc1ccc2ccc([O-])c(N=Nc3ccc([N+](=O)[O-])cc3[O-])c2c1.O=[N+]([O-])c1ccc2c(N=Nc3c([O-])ccc4ccccc34)c([O-])cc(S(=O)(=O)[O-])c2c1.[Cr+3].[Na+].[Na+]. The van der Waals surface area contributed by atoms with Crippen LogP contribution in [0.25, 0.3) is 32.3 Å². The molecule has 0 heterocycles. The first kappa shape index (κ1) is 49.8. The third-order valence-electron chi connectivity index (χ3n) is 8.30. The number of anilines is 1. The summed E-state index contributed by atoms with van der Waals surface area (Å²) in [7, 11) is -5.11. The van der Waals surface area contributed by atoms with Crippen LogP contribution in [0.4, 0.5) is 39.8 Å². The van der Waals surface area contributed by atoms with Gasteiger partial charge in [0.25, 0.3) is 11.4 Å². The van der Waals surface area contributed by atoms with Gasteiger partial charge in [0.1, 0.15) is 10.1 Å². The molecule has 7 rings (SSSR count). The van der Waals surface area contributed by atoms with E-state index in [0.29, 0.717) is 33.3 Å². The Morgan fingerprint density at radius 1 is 0.574 bits per heavy atom. The van der Waals surface area contributed by atoms with Gasteiger partial charge in [-0.25, -0.2) is 8.42 Å². The van der Waals surface area contributed by atoms with Gasteiger partial charge in [0.2, 0.25) is 5.91 Å². The fraction of sp³-hybridized carbons (Fsp3) is 0.0263. The molecule has 0 aromatic heterocycles. The van der Waals surface area contributed by atoms with E-state index in [0.717, 1.165) is 30.3 Å². The van der Waals surface area contributed by atoms with Crippen molar-refractivity contribution in [3.05, 3.63) is 129 Å². The number of nitrogens with zero attached hydrogens (tertiary/aromatic N) is 6. The molecule has 23 heteroatoms. The van der Waals surface area contributed by atoms with E-state index in [2.05, 4.69) is 25.8 Å². The Kier molecular flexibility index (Phi) is 17.0. The summed E-state index contributed by atoms with van der Waals surface area (Å²) in [5, 5.41) is 90.6. The zero-order chi connectivity index (χ0) is 41.9. The number of fused-ring (bicyclic) bond motifs is 3. The van der Waals surface area contributed by atoms with Gasteiger partial charge in [0.15, 0.2) is 0 Å². The molecule has 0 atom stereocenters. The maximum Gasteiger partial charge on any atom is 3.00 e. The number of non-ortho nitro benzene ring substituents is 2. The number of amides is 1. The van der Waals surface area contributed by atoms with E-state index in [4.69, 9.17) is 0 Å². The molecule has 1 N–H and O–H groups in total. The smallest absolute Gasteiger partial charge is 0.871 e. The number of nitro groups is 2. The van der Waals surface area contributed by atoms with E-state index >= 15 is 0 Å². The Labute approximate surface area is 399 Å². The second kappa shape index (κ2) is 20.8. The van der Waals surface area contributed by atoms with Gasteiger partial charge in [0.05, 0.1) is 37.5 Å². The zero-order valence-electron chi connectivity index (χ0n) is 31.8. The van der Waals surface area contributed by atoms with Crippen molar-refractivity contribution in [2.45, 2.75) is 11.8 Å². The van der Waals surface area contributed by atoms with Gasteiger partial charge in [-0.05, 0) is 41.1 Å². The van der Waals surface area contributed by atoms with Crippen LogP contribution in [0.3, 0.4) is 0 Å². The average molecular weight is 899 g/mol. The van der Waals surface area contributed by atoms with Crippen LogP contribution in [0.15, 0.2) is 135 Å². The Balaban J connectivity index is 0.000000313. The number of carbonyl (C=O) groups is 1. The van der Waals surface area contributed by atoms with Crippen molar-refractivity contribution >= 4 is 88.2 Å². The molecular formula is C38H22CrN7Na2O12S. The Bertz CT molecular complexity index is 3030. The van der Waals surface area contributed by atoms with Crippen molar-refractivity contribution in [1.29, 1.82) is 0 Å². The quantitative estimate of drug-likeness (QED) is 0.0723. The topological polar surface area (TPSA) is 314 Å². The number of azo groups is 2. The van der Waals surface area contributed by atoms with E-state index in [1.807, 2.05) is 0 Å². The summed E-state index contributed by atoms with van der Waals surface area (Å²) in [5.74, 6) is -2.75. The van der Waals surface area contributed by atoms with Gasteiger partial charge < -0.3 is 30.3 Å². The van der Waals surface area contributed by atoms with Crippen molar-refractivity contribution in [3.63, 3.8) is 0 Å². The number of hydrogen-bond acceptors (Lipinski definition) is 16. The molecule has 295 valence electrons. The van der Waals surface area contributed by atoms with Gasteiger partial charge in [0, 0.05) is 58.4 Å². The van der Waals surface area contributed by atoms with Crippen molar-refractivity contribution in [3.8, 4) is 23.0 Å². The molecule has 0 bridgehead atoms. The van der Waals surface area contributed by atoms with Crippen LogP contribution in [0.5, 0.6) is 23.0 Å². The largest absolute Gasteiger partial charge is 3.00 e. The molecule has 0 unspecified atom stereocenters. The molecule has 7 aromatic carbocycles. The molecule has 19 nitrogen and oxygen atoms in total. The van der Waals surface area contributed by atoms with Gasteiger partial charge in [-0.15, -0.1) is 0 Å². The molecule has 0 aliphatic carbocycles. The monoisotopic (exact) mass is 898 g/mol. The van der Waals surface area contributed by atoms with Gasteiger partial charge >= 0.3 is 76.5 Å². The Hall–Kier alpha value is -5.57. The first-order chi connectivity index (χ1) is 27.5. The summed E-state index contributed by atoms with van der Waals surface area (Å²) >= 11 is 0. The molecular weight excluding hydrogens is 876 g/mol. The minimum Gasteiger partial charge on any atom is -0.871 e. The molecule has 61 heavy (non-hydrogen) atoms. The van der Waals surface area contributed by atoms with Crippen LogP contribution in [0.1, 0.15) is 6.92 Å². The zero-order valence-corrected chi connectivity index (χ0v) is 37.9. The number of nitro benzene ring substituents is 2. The summed E-state index contributed by atoms with van der Waals surface area (Å²) in [6, 6.07) is 24.4. The predicted molar refractivity (Wildman–Crippen MR) is 200 cm³/mol. The van der Waals surface area contributed by atoms with Crippen LogP contribution in [0, 0.1) is 20.2 Å². The summed E-state index contributed by atoms with van der Waals surface area (Å²) < 4.78 is 34.8. The first-order valence-electron chi connectivity index (χ1n) is 16.4. The minimum absolute atomic E-state index is 0. The maximum atomic E-state index is 12.5. The second-order valence-electron chi connectivity index (χ2n) is 12.1. The van der Waals surface area contributed by atoms with E-state index in [9.17, 15) is 58.4 Å². The third kappa shape index (κ3) is 11.4. The van der Waals surface area contributed by atoms with Crippen LogP contribution >= 0.6 is 0 Å². The van der Waals surface area contributed by atoms with Gasteiger partial charge in [-0.3, -0.25) is 25.0 Å². The molecule has 0 aliphatic heterocycles. The normalized spacial score (nSPS) is 11.0. The van der Waals surface area contributed by atoms with Gasteiger partial charge in [-0.1, -0.05) is 77.6 Å². The minimum atomic E-state index is -5.11. The van der Waals surface area contributed by atoms with Crippen molar-refractivity contribution < 1.29 is 125 Å². The van der Waals surface area contributed by atoms with E-state index in [1.54, 1.807) is 54.6 Å². The van der Waals surface area contributed by atoms with E-state index in [1.165, 1.54) is 25.1 Å². The van der Waals surface area contributed by atoms with Crippen molar-refractivity contribution in [1.82, 2.24) is 0 Å². The fourth-order valence-electron chi connectivity index (χ4n) is 5.67. The number of hydrogen-bond donors (Lipinski definition) is 1. The van der Waals surface area contributed by atoms with Crippen LogP contribution in [-0.4, -0.2) is 28.7 Å². The van der Waals surface area contributed by atoms with Crippen LogP contribution in [0.2, 0.25) is 0 Å². The summed E-state index contributed by atoms with van der Waals surface area (Å²) in [6.45, 7) is 1.36. The summed E-state index contributed by atoms with van der Waals surface area (Å²) in [6.07, 6.45) is 0. The molecule has 0 saturated heterocycles. The average Bonchev–Trinajstić information content (AvgIpc) is 3.17. The van der Waals surface area contributed by atoms with Gasteiger partial charge in [-0.2, -0.15) is 20.5 Å². The van der Waals surface area contributed by atoms with E-state index in [-0.39, 0.29) is 122 Å². The number of benzene rings is 7. The summed E-state index contributed by atoms with van der Waals surface area (Å²) in [4.78, 5) is 30.6.